The molecule has 0 aliphatic heterocycles. The van der Waals surface area contributed by atoms with Gasteiger partial charge in [0.05, 0.1) is 11.4 Å². The molecule has 292 valence electrons. The van der Waals surface area contributed by atoms with Crippen LogP contribution < -0.4 is 0 Å². The van der Waals surface area contributed by atoms with Gasteiger partial charge in [-0.05, 0) is 97.2 Å². The average molecular weight is 793 g/mol. The smallest absolute Gasteiger partial charge is 0.160 e. The van der Waals surface area contributed by atoms with Crippen molar-refractivity contribution in [1.82, 2.24) is 9.97 Å². The Morgan fingerprint density at radius 1 is 0.371 bits per heavy atom. The van der Waals surface area contributed by atoms with Crippen LogP contribution >= 0.6 is 0 Å². The van der Waals surface area contributed by atoms with Crippen LogP contribution in [0.1, 0.15) is 25.0 Å². The molecule has 0 amide bonds. The second kappa shape index (κ2) is 14.1. The maximum absolute atomic E-state index is 6.63. The SMILES string of the molecule is CC1(C)c2ccccc2-c2c(-c3cccc(-c4cc(-c5cc(-c6cccc7ccccc67)cc(-c6cccc7c6oc6ccccc67)c5)nc(-c5ccccc5)n4)c3)cccc21. The third-order valence-corrected chi connectivity index (χ3v) is 12.9. The van der Waals surface area contributed by atoms with Crippen molar-refractivity contribution in [2.24, 2.45) is 0 Å². The van der Waals surface area contributed by atoms with Gasteiger partial charge in [0, 0.05) is 38.4 Å². The second-order valence-electron chi connectivity index (χ2n) is 16.9. The minimum Gasteiger partial charge on any atom is -0.455 e. The lowest BCUT2D eigenvalue weighted by molar-refractivity contribution is 0.660. The molecule has 12 rings (SSSR count). The van der Waals surface area contributed by atoms with Crippen LogP contribution in [0.5, 0.6) is 0 Å². The predicted molar refractivity (Wildman–Crippen MR) is 257 cm³/mol. The summed E-state index contributed by atoms with van der Waals surface area (Å²) in [5, 5.41) is 4.60. The minimum atomic E-state index is -0.0823. The molecule has 0 saturated heterocycles. The van der Waals surface area contributed by atoms with Gasteiger partial charge in [0.25, 0.3) is 0 Å². The van der Waals surface area contributed by atoms with Crippen LogP contribution in [0.15, 0.2) is 211 Å². The van der Waals surface area contributed by atoms with Crippen LogP contribution in [0.25, 0.3) is 111 Å². The zero-order valence-corrected chi connectivity index (χ0v) is 34.4. The third-order valence-electron chi connectivity index (χ3n) is 12.9. The molecule has 0 radical (unpaired) electrons. The summed E-state index contributed by atoms with van der Waals surface area (Å²) in [5.74, 6) is 0.677. The lowest BCUT2D eigenvalue weighted by Gasteiger charge is -2.21. The van der Waals surface area contributed by atoms with Gasteiger partial charge >= 0.3 is 0 Å². The molecule has 0 spiro atoms. The van der Waals surface area contributed by atoms with Crippen LogP contribution in [-0.4, -0.2) is 9.97 Å². The molecule has 0 fully saturated rings. The van der Waals surface area contributed by atoms with E-state index in [1.165, 1.54) is 38.6 Å². The van der Waals surface area contributed by atoms with Crippen molar-refractivity contribution in [2.75, 3.05) is 0 Å². The van der Waals surface area contributed by atoms with Crippen molar-refractivity contribution in [3.05, 3.63) is 217 Å². The van der Waals surface area contributed by atoms with Crippen molar-refractivity contribution < 1.29 is 4.42 Å². The molecular weight excluding hydrogens is 753 g/mol. The van der Waals surface area contributed by atoms with Gasteiger partial charge in [-0.25, -0.2) is 9.97 Å². The number of furan rings is 1. The summed E-state index contributed by atoms with van der Waals surface area (Å²) < 4.78 is 6.63. The lowest BCUT2D eigenvalue weighted by atomic mass is 9.82. The molecule has 1 aliphatic rings. The second-order valence-corrected chi connectivity index (χ2v) is 16.9. The first-order chi connectivity index (χ1) is 30.5. The minimum absolute atomic E-state index is 0.0823. The lowest BCUT2D eigenvalue weighted by Crippen LogP contribution is -2.14. The zero-order chi connectivity index (χ0) is 41.4. The van der Waals surface area contributed by atoms with Crippen LogP contribution in [0, 0.1) is 0 Å². The van der Waals surface area contributed by atoms with Crippen molar-refractivity contribution in [3.63, 3.8) is 0 Å². The van der Waals surface area contributed by atoms with E-state index in [1.54, 1.807) is 0 Å². The molecular formula is C59H40N2O. The van der Waals surface area contributed by atoms with Gasteiger partial charge in [0.15, 0.2) is 5.82 Å². The van der Waals surface area contributed by atoms with Crippen LogP contribution in [0.3, 0.4) is 0 Å². The van der Waals surface area contributed by atoms with Crippen molar-refractivity contribution in [1.29, 1.82) is 0 Å². The van der Waals surface area contributed by atoms with Crippen molar-refractivity contribution in [3.8, 4) is 78.4 Å². The maximum Gasteiger partial charge on any atom is 0.160 e. The van der Waals surface area contributed by atoms with E-state index in [9.17, 15) is 0 Å². The summed E-state index contributed by atoms with van der Waals surface area (Å²) in [6.45, 7) is 4.67. The first-order valence-electron chi connectivity index (χ1n) is 21.3. The standard InChI is InChI=1S/C59H40N2O/c1-59(2)51-29-10-8-24-50(51)56-46(26-15-30-52(56)59)39-20-12-21-40(32-39)53-36-54(61-58(60-53)38-17-4-3-5-18-38)43-34-41(45-25-13-19-37-16-6-7-22-44(37)45)33-42(35-43)47-27-14-28-49-48-23-9-11-31-55(48)62-57(47)49/h3-36H,1-2H3. The van der Waals surface area contributed by atoms with Gasteiger partial charge < -0.3 is 4.42 Å². The Hall–Kier alpha value is -7.88. The van der Waals surface area contributed by atoms with E-state index in [2.05, 4.69) is 190 Å². The Morgan fingerprint density at radius 2 is 0.919 bits per heavy atom. The molecule has 3 nitrogen and oxygen atoms in total. The fourth-order valence-corrected chi connectivity index (χ4v) is 9.84. The monoisotopic (exact) mass is 792 g/mol. The fraction of sp³-hybridized carbons (Fsp3) is 0.0508. The number of benzene rings is 9. The fourth-order valence-electron chi connectivity index (χ4n) is 9.84. The van der Waals surface area contributed by atoms with E-state index in [0.717, 1.165) is 77.8 Å². The highest BCUT2D eigenvalue weighted by molar-refractivity contribution is 6.10. The summed E-state index contributed by atoms with van der Waals surface area (Å²) in [4.78, 5) is 10.7. The van der Waals surface area contributed by atoms with Gasteiger partial charge in [0.1, 0.15) is 11.2 Å². The number of hydrogen-bond acceptors (Lipinski definition) is 3. The van der Waals surface area contributed by atoms with Gasteiger partial charge in [-0.2, -0.15) is 0 Å². The summed E-state index contributed by atoms with van der Waals surface area (Å²) in [7, 11) is 0. The Balaban J connectivity index is 1.07. The molecule has 11 aromatic rings. The van der Waals surface area contributed by atoms with Crippen molar-refractivity contribution in [2.45, 2.75) is 19.3 Å². The van der Waals surface area contributed by atoms with Crippen LogP contribution in [-0.2, 0) is 5.41 Å². The maximum atomic E-state index is 6.63. The number of para-hydroxylation sites is 2. The Bertz CT molecular complexity index is 3550. The number of aromatic nitrogens is 2. The molecule has 0 unspecified atom stereocenters. The summed E-state index contributed by atoms with van der Waals surface area (Å²) in [6.07, 6.45) is 0. The van der Waals surface area contributed by atoms with Gasteiger partial charge in [-0.15, -0.1) is 0 Å². The van der Waals surface area contributed by atoms with E-state index < -0.39 is 0 Å². The summed E-state index contributed by atoms with van der Waals surface area (Å²) >= 11 is 0. The van der Waals surface area contributed by atoms with Gasteiger partial charge in [-0.3, -0.25) is 0 Å². The van der Waals surface area contributed by atoms with Gasteiger partial charge in [-0.1, -0.05) is 184 Å². The highest BCUT2D eigenvalue weighted by Gasteiger charge is 2.36. The van der Waals surface area contributed by atoms with E-state index in [1.807, 2.05) is 30.3 Å². The molecule has 0 bridgehead atoms. The molecule has 1 aliphatic carbocycles. The van der Waals surface area contributed by atoms with Crippen LogP contribution in [0.2, 0.25) is 0 Å². The number of rotatable bonds is 6. The largest absolute Gasteiger partial charge is 0.455 e. The highest BCUT2D eigenvalue weighted by atomic mass is 16.3. The van der Waals surface area contributed by atoms with E-state index in [0.29, 0.717) is 5.82 Å². The first-order valence-corrected chi connectivity index (χ1v) is 21.3. The Morgan fingerprint density at radius 3 is 1.81 bits per heavy atom. The summed E-state index contributed by atoms with van der Waals surface area (Å²) in [6, 6.07) is 73.7. The predicted octanol–water partition coefficient (Wildman–Crippen LogP) is 15.8. The Kier molecular flexibility index (Phi) is 8.20. The normalized spacial score (nSPS) is 12.8. The molecule has 3 heteroatoms. The Labute approximate surface area is 360 Å². The zero-order valence-electron chi connectivity index (χ0n) is 34.4. The molecule has 2 heterocycles. The molecule has 0 atom stereocenters. The highest BCUT2D eigenvalue weighted by Crippen LogP contribution is 2.52. The molecule has 2 aromatic heterocycles. The number of nitrogens with zero attached hydrogens (tertiary/aromatic N) is 2. The molecule has 9 aromatic carbocycles. The quantitative estimate of drug-likeness (QED) is 0.168. The van der Waals surface area contributed by atoms with Crippen LogP contribution in [0.4, 0.5) is 0 Å². The van der Waals surface area contributed by atoms with E-state index >= 15 is 0 Å². The molecule has 0 saturated carbocycles. The first kappa shape index (κ1) is 36.0. The number of hydrogen-bond donors (Lipinski definition) is 0. The van der Waals surface area contributed by atoms with Crippen molar-refractivity contribution >= 4 is 32.7 Å². The number of fused-ring (bicyclic) bond motifs is 7. The van der Waals surface area contributed by atoms with Gasteiger partial charge in [0.2, 0.25) is 0 Å². The summed E-state index contributed by atoms with van der Waals surface area (Å²) in [5.41, 5.74) is 18.5. The molecule has 0 N–H and O–H groups in total. The average Bonchev–Trinajstić information content (AvgIpc) is 3.83. The van der Waals surface area contributed by atoms with E-state index in [-0.39, 0.29) is 5.41 Å². The van der Waals surface area contributed by atoms with E-state index in [4.69, 9.17) is 14.4 Å². The molecule has 62 heavy (non-hydrogen) atoms. The topological polar surface area (TPSA) is 38.9 Å². The third kappa shape index (κ3) is 5.81.